The smallest absolute Gasteiger partial charge is 0.410 e. The van der Waals surface area contributed by atoms with E-state index in [0.29, 0.717) is 12.6 Å². The van der Waals surface area contributed by atoms with E-state index in [0.717, 1.165) is 44.5 Å². The molecule has 1 aromatic heterocycles. The van der Waals surface area contributed by atoms with Crippen molar-refractivity contribution in [2.45, 2.75) is 31.4 Å². The number of rotatable bonds is 3. The van der Waals surface area contributed by atoms with Crippen LogP contribution in [0.15, 0.2) is 12.4 Å². The van der Waals surface area contributed by atoms with E-state index in [1.807, 2.05) is 0 Å². The number of hydrogen-bond donors (Lipinski definition) is 0. The summed E-state index contributed by atoms with van der Waals surface area (Å²) in [7, 11) is 3.36. The van der Waals surface area contributed by atoms with Gasteiger partial charge in [-0.15, -0.1) is 0 Å². The number of amides is 1. The quantitative estimate of drug-likeness (QED) is 0.838. The Morgan fingerprint density at radius 1 is 1.32 bits per heavy atom. The first-order valence-corrected chi connectivity index (χ1v) is 7.62. The molecule has 22 heavy (non-hydrogen) atoms. The zero-order chi connectivity index (χ0) is 15.6. The lowest BCUT2D eigenvalue weighted by molar-refractivity contribution is 0.0443. The van der Waals surface area contributed by atoms with Crippen molar-refractivity contribution in [3.63, 3.8) is 0 Å². The van der Waals surface area contributed by atoms with Crippen molar-refractivity contribution >= 4 is 6.09 Å². The molecule has 1 spiro atoms. The lowest BCUT2D eigenvalue weighted by Crippen LogP contribution is -2.35. The third-order valence-electron chi connectivity index (χ3n) is 4.40. The molecular weight excluding hydrogens is 284 g/mol. The van der Waals surface area contributed by atoms with Crippen LogP contribution in [0, 0.1) is 0 Å². The predicted octanol–water partition coefficient (Wildman–Crippen LogP) is 1.29. The molecule has 2 aliphatic heterocycles. The van der Waals surface area contributed by atoms with Crippen LogP contribution in [0.1, 0.15) is 24.8 Å². The summed E-state index contributed by atoms with van der Waals surface area (Å²) in [5, 5.41) is 0. The Bertz CT molecular complexity index is 536. The van der Waals surface area contributed by atoms with E-state index in [2.05, 4.69) is 14.9 Å². The molecule has 1 atom stereocenters. The lowest BCUT2D eigenvalue weighted by atomic mass is 9.95. The van der Waals surface area contributed by atoms with Crippen molar-refractivity contribution in [3.05, 3.63) is 18.0 Å². The van der Waals surface area contributed by atoms with Crippen molar-refractivity contribution in [1.29, 1.82) is 0 Å². The summed E-state index contributed by atoms with van der Waals surface area (Å²) in [6, 6.07) is 0.388. The summed E-state index contributed by atoms with van der Waals surface area (Å²) in [5.74, 6) is 0. The van der Waals surface area contributed by atoms with Crippen LogP contribution >= 0.6 is 0 Å². The van der Waals surface area contributed by atoms with Gasteiger partial charge in [0, 0.05) is 44.5 Å². The molecule has 1 amide bonds. The minimum atomic E-state index is -0.295. The molecule has 1 unspecified atom stereocenters. The number of hydrogen-bond acceptors (Lipinski definition) is 6. The highest BCUT2D eigenvalue weighted by Crippen LogP contribution is 2.32. The van der Waals surface area contributed by atoms with Gasteiger partial charge in [0.15, 0.2) is 0 Å². The van der Waals surface area contributed by atoms with Gasteiger partial charge in [0.2, 0.25) is 0 Å². The average molecular weight is 306 g/mol. The number of aromatic nitrogens is 2. The van der Waals surface area contributed by atoms with Gasteiger partial charge < -0.3 is 14.4 Å². The second kappa shape index (κ2) is 6.08. The first-order valence-electron chi connectivity index (χ1n) is 7.62. The fraction of sp³-hybridized carbons (Fsp3) is 0.667. The molecular formula is C15H22N4O3. The van der Waals surface area contributed by atoms with E-state index in [1.165, 1.54) is 0 Å². The Kier molecular flexibility index (Phi) is 4.15. The highest BCUT2D eigenvalue weighted by molar-refractivity contribution is 5.70. The van der Waals surface area contributed by atoms with Crippen LogP contribution in [0.5, 0.6) is 6.01 Å². The van der Waals surface area contributed by atoms with Gasteiger partial charge in [-0.1, -0.05) is 0 Å². The molecule has 0 saturated carbocycles. The third kappa shape index (κ3) is 3.14. The largest absolute Gasteiger partial charge is 0.467 e. The molecule has 2 aliphatic rings. The molecule has 0 aromatic carbocycles. The Hall–Kier alpha value is -1.89. The molecule has 3 rings (SSSR count). The van der Waals surface area contributed by atoms with Crippen LogP contribution in [0.3, 0.4) is 0 Å². The van der Waals surface area contributed by atoms with Gasteiger partial charge in [0.25, 0.3) is 0 Å². The summed E-state index contributed by atoms with van der Waals surface area (Å²) < 4.78 is 10.6. The summed E-state index contributed by atoms with van der Waals surface area (Å²) in [4.78, 5) is 24.0. The molecule has 7 nitrogen and oxygen atoms in total. The minimum absolute atomic E-state index is 0.197. The molecule has 3 heterocycles. The van der Waals surface area contributed by atoms with Gasteiger partial charge in [0.05, 0.1) is 13.7 Å². The highest BCUT2D eigenvalue weighted by atomic mass is 16.6. The molecule has 1 aromatic rings. The van der Waals surface area contributed by atoms with Crippen LogP contribution < -0.4 is 4.74 Å². The maximum atomic E-state index is 11.7. The standard InChI is InChI=1S/C15H22N4O3/c1-18-11-15(22-14(18)20)4-3-6-19(7-5-15)10-12-8-16-13(21-2)17-9-12/h8-9H,3-7,10-11H2,1-2H3. The first kappa shape index (κ1) is 15.0. The highest BCUT2D eigenvalue weighted by Gasteiger charge is 2.44. The Morgan fingerprint density at radius 3 is 2.73 bits per heavy atom. The maximum absolute atomic E-state index is 11.7. The molecule has 120 valence electrons. The number of methoxy groups -OCH3 is 1. The monoisotopic (exact) mass is 306 g/mol. The first-order chi connectivity index (χ1) is 10.6. The molecule has 0 N–H and O–H groups in total. The van der Waals surface area contributed by atoms with Crippen LogP contribution in [0.2, 0.25) is 0 Å². The van der Waals surface area contributed by atoms with E-state index in [-0.39, 0.29) is 11.7 Å². The number of carbonyl (C=O) groups is 1. The van der Waals surface area contributed by atoms with Crippen LogP contribution in [0.4, 0.5) is 4.79 Å². The fourth-order valence-corrected chi connectivity index (χ4v) is 3.22. The molecule has 0 bridgehead atoms. The number of nitrogens with zero attached hydrogens (tertiary/aromatic N) is 4. The summed E-state index contributed by atoms with van der Waals surface area (Å²) in [5.41, 5.74) is 0.772. The molecule has 2 saturated heterocycles. The molecule has 2 fully saturated rings. The van der Waals surface area contributed by atoms with Gasteiger partial charge in [-0.25, -0.2) is 14.8 Å². The van der Waals surface area contributed by atoms with Gasteiger partial charge in [-0.2, -0.15) is 0 Å². The lowest BCUT2D eigenvalue weighted by Gasteiger charge is -2.25. The second-order valence-corrected chi connectivity index (χ2v) is 6.11. The van der Waals surface area contributed by atoms with E-state index < -0.39 is 0 Å². The minimum Gasteiger partial charge on any atom is -0.467 e. The maximum Gasteiger partial charge on any atom is 0.410 e. The predicted molar refractivity (Wildman–Crippen MR) is 79.6 cm³/mol. The van der Waals surface area contributed by atoms with E-state index in [1.54, 1.807) is 31.5 Å². The Morgan fingerprint density at radius 2 is 2.09 bits per heavy atom. The van der Waals surface area contributed by atoms with Gasteiger partial charge in [-0.3, -0.25) is 4.90 Å². The number of likely N-dealkylation sites (N-methyl/N-ethyl adjacent to an activating group) is 1. The topological polar surface area (TPSA) is 67.8 Å². The Labute approximate surface area is 130 Å². The van der Waals surface area contributed by atoms with Crippen molar-refractivity contribution in [2.24, 2.45) is 0 Å². The van der Waals surface area contributed by atoms with Crippen LogP contribution in [-0.2, 0) is 11.3 Å². The third-order valence-corrected chi connectivity index (χ3v) is 4.40. The van der Waals surface area contributed by atoms with Gasteiger partial charge in [-0.05, 0) is 19.4 Å². The van der Waals surface area contributed by atoms with E-state index in [4.69, 9.17) is 9.47 Å². The van der Waals surface area contributed by atoms with Crippen molar-refractivity contribution in [2.75, 3.05) is 33.8 Å². The van der Waals surface area contributed by atoms with Crippen molar-refractivity contribution in [1.82, 2.24) is 19.8 Å². The van der Waals surface area contributed by atoms with Gasteiger partial charge >= 0.3 is 12.1 Å². The molecule has 0 radical (unpaired) electrons. The van der Waals surface area contributed by atoms with Gasteiger partial charge in [0.1, 0.15) is 5.60 Å². The second-order valence-electron chi connectivity index (χ2n) is 6.11. The van der Waals surface area contributed by atoms with Crippen LogP contribution in [0.25, 0.3) is 0 Å². The SMILES string of the molecule is COc1ncc(CN2CCCC3(CC2)CN(C)C(=O)O3)cn1. The van der Waals surface area contributed by atoms with Crippen molar-refractivity contribution < 1.29 is 14.3 Å². The number of carbonyl (C=O) groups excluding carboxylic acids is 1. The zero-order valence-corrected chi connectivity index (χ0v) is 13.1. The van der Waals surface area contributed by atoms with E-state index >= 15 is 0 Å². The van der Waals surface area contributed by atoms with E-state index in [9.17, 15) is 4.79 Å². The van der Waals surface area contributed by atoms with Crippen LogP contribution in [-0.4, -0.2) is 65.3 Å². The normalized spacial score (nSPS) is 26.1. The number of ether oxygens (including phenoxy) is 2. The molecule has 0 aliphatic carbocycles. The number of likely N-dealkylation sites (tertiary alicyclic amines) is 1. The summed E-state index contributed by atoms with van der Waals surface area (Å²) in [6.45, 7) is 3.41. The summed E-state index contributed by atoms with van der Waals surface area (Å²) >= 11 is 0. The summed E-state index contributed by atoms with van der Waals surface area (Å²) in [6.07, 6.45) is 6.24. The average Bonchev–Trinajstić information content (AvgIpc) is 2.68. The molecule has 7 heteroatoms. The van der Waals surface area contributed by atoms with Crippen molar-refractivity contribution in [3.8, 4) is 6.01 Å². The zero-order valence-electron chi connectivity index (χ0n) is 13.1. The fourth-order valence-electron chi connectivity index (χ4n) is 3.22. The Balaban J connectivity index is 1.59.